The van der Waals surface area contributed by atoms with Gasteiger partial charge in [0.05, 0.1) is 0 Å². The normalized spacial score (nSPS) is 15.6. The predicted octanol–water partition coefficient (Wildman–Crippen LogP) is 7.28. The Hall–Kier alpha value is 0.0200. The smallest absolute Gasteiger partial charge is 0.245 e. The summed E-state index contributed by atoms with van der Waals surface area (Å²) in [5.74, 6) is 0. The Labute approximate surface area is 175 Å². The van der Waals surface area contributed by atoms with E-state index >= 15 is 0 Å². The number of benzene rings is 1. The molecule has 1 nitrogen and oxygen atoms in total. The van der Waals surface area contributed by atoms with Gasteiger partial charge >= 0.3 is 23.5 Å². The van der Waals surface area contributed by atoms with E-state index in [4.69, 9.17) is 34.8 Å². The van der Waals surface area contributed by atoms with Gasteiger partial charge in [0.25, 0.3) is 0 Å². The third-order valence-corrected chi connectivity index (χ3v) is 5.32. The Balaban J connectivity index is 4.00. The molecule has 1 unspecified atom stereocenters. The summed E-state index contributed by atoms with van der Waals surface area (Å²) in [6.07, 6.45) is -14.6. The molecule has 0 aliphatic heterocycles. The lowest BCUT2D eigenvalue weighted by Crippen LogP contribution is -2.51. The first-order valence-corrected chi connectivity index (χ1v) is 9.41. The lowest BCUT2D eigenvalue weighted by Gasteiger charge is -2.33. The summed E-state index contributed by atoms with van der Waals surface area (Å²) in [7, 11) is -4.07. The van der Waals surface area contributed by atoms with Crippen molar-refractivity contribution in [3.05, 3.63) is 27.7 Å². The quantitative estimate of drug-likeness (QED) is 0.275. The van der Waals surface area contributed by atoms with E-state index in [1.807, 2.05) is 0 Å². The maximum Gasteiger partial charge on any atom is 0.475 e. The molecule has 16 heteroatoms. The molecule has 1 rings (SSSR count). The fraction of sp³-hybridized carbons (Fsp3) is 0.500. The first-order valence-electron chi connectivity index (χ1n) is 6.33. The molecule has 0 radical (unpaired) electrons. The molecule has 1 aromatic carbocycles. The number of hydrogen-bond donors (Lipinski definition) is 0. The van der Waals surface area contributed by atoms with Crippen molar-refractivity contribution in [2.75, 3.05) is 0 Å². The van der Waals surface area contributed by atoms with E-state index in [-0.39, 0.29) is 0 Å². The van der Waals surface area contributed by atoms with E-state index in [0.717, 1.165) is 0 Å². The number of hydrogen-bond acceptors (Lipinski definition) is 1. The van der Waals surface area contributed by atoms with Crippen LogP contribution >= 0.6 is 50.7 Å². The molecule has 0 saturated carbocycles. The zero-order valence-corrected chi connectivity index (χ0v) is 17.1. The summed E-state index contributed by atoms with van der Waals surface area (Å²) < 4.78 is 139. The molecule has 0 amide bonds. The maximum absolute atomic E-state index is 14.5. The molecular formula is C12H4BrCl3F10OS. The third-order valence-electron chi connectivity index (χ3n) is 3.12. The van der Waals surface area contributed by atoms with Crippen molar-refractivity contribution >= 4 is 61.5 Å². The molecule has 0 aromatic heterocycles. The van der Waals surface area contributed by atoms with Crippen LogP contribution in [0.5, 0.6) is 0 Å². The van der Waals surface area contributed by atoms with Crippen molar-refractivity contribution in [1.29, 1.82) is 0 Å². The topological polar surface area (TPSA) is 17.1 Å². The van der Waals surface area contributed by atoms with Crippen LogP contribution in [0.1, 0.15) is 11.1 Å². The van der Waals surface area contributed by atoms with Crippen molar-refractivity contribution in [3.8, 4) is 0 Å². The van der Waals surface area contributed by atoms with Gasteiger partial charge in [0.1, 0.15) is 0 Å². The fourth-order valence-corrected chi connectivity index (χ4v) is 3.88. The molecule has 1 aromatic rings. The average molecular weight is 572 g/mol. The Morgan fingerprint density at radius 2 is 1.29 bits per heavy atom. The van der Waals surface area contributed by atoms with Crippen LogP contribution in [0, 0.1) is 0 Å². The standard InChI is InChI=1S/C12H4BrCl3F10OS/c13-7-2-4(28(27)12(24,25)26)1-6(5(7)3-8(14,15)16)9(17,10(18,19)20)11(21,22)23/h1-2H,3H2. The van der Waals surface area contributed by atoms with Crippen molar-refractivity contribution < 1.29 is 48.1 Å². The van der Waals surface area contributed by atoms with Crippen LogP contribution in [0.4, 0.5) is 43.9 Å². The van der Waals surface area contributed by atoms with Crippen LogP contribution in [0.25, 0.3) is 0 Å². The molecule has 0 aliphatic carbocycles. The first kappa shape index (κ1) is 26.1. The van der Waals surface area contributed by atoms with Gasteiger partial charge in [-0.2, -0.15) is 39.5 Å². The SMILES string of the molecule is O=S(c1cc(Br)c(CC(Cl)(Cl)Cl)c(C(F)(C(F)(F)F)C(F)(F)F)c1)C(F)(F)F. The summed E-state index contributed by atoms with van der Waals surface area (Å²) in [5.41, 5.74) is -15.2. The molecular weight excluding hydrogens is 568 g/mol. The highest BCUT2D eigenvalue weighted by Gasteiger charge is 2.74. The van der Waals surface area contributed by atoms with Gasteiger partial charge in [-0.3, -0.25) is 0 Å². The summed E-state index contributed by atoms with van der Waals surface area (Å²) in [4.78, 5) is -1.57. The van der Waals surface area contributed by atoms with Crippen LogP contribution in [0.15, 0.2) is 21.5 Å². The molecule has 162 valence electrons. The largest absolute Gasteiger partial charge is 0.475 e. The zero-order chi connectivity index (χ0) is 22.5. The van der Waals surface area contributed by atoms with Gasteiger partial charge in [-0.25, -0.2) is 8.60 Å². The summed E-state index contributed by atoms with van der Waals surface area (Å²) in [5, 5.41) is 0. The molecule has 1 atom stereocenters. The van der Waals surface area contributed by atoms with Crippen molar-refractivity contribution in [2.24, 2.45) is 0 Å². The van der Waals surface area contributed by atoms with Crippen LogP contribution in [0.2, 0.25) is 0 Å². The van der Waals surface area contributed by atoms with Crippen LogP contribution in [-0.4, -0.2) is 25.9 Å². The molecule has 0 heterocycles. The Morgan fingerprint density at radius 3 is 1.61 bits per heavy atom. The summed E-state index contributed by atoms with van der Waals surface area (Å²) in [6.45, 7) is 0. The van der Waals surface area contributed by atoms with Gasteiger partial charge < -0.3 is 0 Å². The minimum Gasteiger partial charge on any atom is -0.245 e. The number of halogens is 14. The maximum atomic E-state index is 14.5. The summed E-state index contributed by atoms with van der Waals surface area (Å²) in [6, 6.07) is -0.160. The highest BCUT2D eigenvalue weighted by atomic mass is 79.9. The van der Waals surface area contributed by atoms with E-state index in [0.29, 0.717) is 6.07 Å². The lowest BCUT2D eigenvalue weighted by molar-refractivity contribution is -0.349. The molecule has 0 N–H and O–H groups in total. The van der Waals surface area contributed by atoms with E-state index in [9.17, 15) is 48.1 Å². The number of alkyl halides is 13. The lowest BCUT2D eigenvalue weighted by atomic mass is 9.89. The van der Waals surface area contributed by atoms with E-state index < -0.39 is 71.1 Å². The molecule has 0 fully saturated rings. The molecule has 0 bridgehead atoms. The highest BCUT2D eigenvalue weighted by Crippen LogP contribution is 2.55. The van der Waals surface area contributed by atoms with Gasteiger partial charge in [0.15, 0.2) is 14.6 Å². The van der Waals surface area contributed by atoms with Gasteiger partial charge in [-0.15, -0.1) is 0 Å². The van der Waals surface area contributed by atoms with E-state index in [1.54, 1.807) is 0 Å². The molecule has 0 saturated heterocycles. The van der Waals surface area contributed by atoms with Crippen molar-refractivity contribution in [2.45, 2.75) is 38.6 Å². The minimum absolute atomic E-state index is 0.298. The van der Waals surface area contributed by atoms with Crippen LogP contribution < -0.4 is 0 Å². The Morgan fingerprint density at radius 1 is 0.857 bits per heavy atom. The summed E-state index contributed by atoms with van der Waals surface area (Å²) >= 11 is 18.5. The van der Waals surface area contributed by atoms with Crippen molar-refractivity contribution in [3.63, 3.8) is 0 Å². The fourth-order valence-electron chi connectivity index (χ4n) is 2.01. The second-order valence-corrected chi connectivity index (χ2v) is 9.93. The van der Waals surface area contributed by atoms with Gasteiger partial charge in [0.2, 0.25) is 0 Å². The first-order chi connectivity index (χ1) is 12.1. The monoisotopic (exact) mass is 570 g/mol. The second-order valence-electron chi connectivity index (χ2n) is 5.09. The zero-order valence-electron chi connectivity index (χ0n) is 12.5. The van der Waals surface area contributed by atoms with Crippen LogP contribution in [0.3, 0.4) is 0 Å². The predicted molar refractivity (Wildman–Crippen MR) is 85.5 cm³/mol. The van der Waals surface area contributed by atoms with Gasteiger partial charge in [-0.05, 0) is 17.7 Å². The molecule has 28 heavy (non-hydrogen) atoms. The third kappa shape index (κ3) is 5.38. The Bertz CT molecular complexity index is 755. The van der Waals surface area contributed by atoms with Crippen LogP contribution in [-0.2, 0) is 22.9 Å². The highest BCUT2D eigenvalue weighted by molar-refractivity contribution is 9.10. The Kier molecular flexibility index (Phi) is 7.38. The van der Waals surface area contributed by atoms with Gasteiger partial charge in [-0.1, -0.05) is 50.7 Å². The van der Waals surface area contributed by atoms with E-state index in [1.165, 1.54) is 0 Å². The number of rotatable bonds is 3. The van der Waals surface area contributed by atoms with Gasteiger partial charge in [0, 0.05) is 21.4 Å². The molecule has 0 spiro atoms. The minimum atomic E-state index is -6.66. The average Bonchev–Trinajstić information content (AvgIpc) is 2.42. The van der Waals surface area contributed by atoms with E-state index in [2.05, 4.69) is 15.9 Å². The second kappa shape index (κ2) is 7.93. The molecule has 0 aliphatic rings. The van der Waals surface area contributed by atoms with Crippen molar-refractivity contribution in [1.82, 2.24) is 0 Å².